The van der Waals surface area contributed by atoms with Gasteiger partial charge in [-0.1, -0.05) is 29.8 Å². The number of carbonyl (C=O) groups is 3. The van der Waals surface area contributed by atoms with Crippen LogP contribution in [0.25, 0.3) is 0 Å². The van der Waals surface area contributed by atoms with Gasteiger partial charge >= 0.3 is 0 Å². The zero-order chi connectivity index (χ0) is 21.8. The van der Waals surface area contributed by atoms with E-state index in [4.69, 9.17) is 4.74 Å². The molecule has 7 heteroatoms. The maximum absolute atomic E-state index is 12.5. The van der Waals surface area contributed by atoms with Crippen molar-refractivity contribution < 1.29 is 19.1 Å². The van der Waals surface area contributed by atoms with Crippen LogP contribution < -0.4 is 10.1 Å². The predicted octanol–water partition coefficient (Wildman–Crippen LogP) is 3.48. The number of carbonyl (C=O) groups excluding carboxylic acids is 3. The van der Waals surface area contributed by atoms with Gasteiger partial charge in [0.25, 0.3) is 11.8 Å². The molecule has 3 aromatic rings. The van der Waals surface area contributed by atoms with Gasteiger partial charge in [0.05, 0.1) is 11.1 Å². The second-order valence-electron chi connectivity index (χ2n) is 7.26. The monoisotopic (exact) mass is 415 g/mol. The number of aryl methyl sites for hydroxylation is 1. The van der Waals surface area contributed by atoms with Crippen molar-refractivity contribution in [2.75, 3.05) is 6.54 Å². The highest BCUT2D eigenvalue weighted by molar-refractivity contribution is 6.21. The largest absolute Gasteiger partial charge is 0.439 e. The van der Waals surface area contributed by atoms with Gasteiger partial charge in [-0.25, -0.2) is 4.98 Å². The molecule has 156 valence electrons. The Bertz CT molecular complexity index is 1140. The standard InChI is InChI=1S/C24H21N3O4/c1-16-7-8-19-20(13-16)24(30)27(23(19)29)12-10-21(28)26-15-17-9-11-25-22(14-17)31-18-5-3-2-4-6-18/h2-9,11,13-14H,10,12,15H2,1H3,(H,26,28). The van der Waals surface area contributed by atoms with Gasteiger partial charge in [0.15, 0.2) is 0 Å². The van der Waals surface area contributed by atoms with E-state index in [9.17, 15) is 14.4 Å². The minimum atomic E-state index is -0.357. The molecule has 0 radical (unpaired) electrons. The molecule has 0 aliphatic carbocycles. The maximum Gasteiger partial charge on any atom is 0.261 e. The SMILES string of the molecule is Cc1ccc2c(c1)C(=O)N(CCC(=O)NCc1ccnc(Oc3ccccc3)c1)C2=O. The van der Waals surface area contributed by atoms with Crippen LogP contribution in [0.4, 0.5) is 0 Å². The molecule has 0 unspecified atom stereocenters. The predicted molar refractivity (Wildman–Crippen MR) is 114 cm³/mol. The summed E-state index contributed by atoms with van der Waals surface area (Å²) in [5.41, 5.74) is 2.52. The minimum absolute atomic E-state index is 0.0307. The fourth-order valence-corrected chi connectivity index (χ4v) is 3.34. The quantitative estimate of drug-likeness (QED) is 0.597. The van der Waals surface area contributed by atoms with Gasteiger partial charge in [-0.05, 0) is 42.8 Å². The fraction of sp³-hybridized carbons (Fsp3) is 0.167. The number of hydrogen-bond acceptors (Lipinski definition) is 5. The molecule has 0 fully saturated rings. The van der Waals surface area contributed by atoms with Crippen molar-refractivity contribution in [3.8, 4) is 11.6 Å². The average Bonchev–Trinajstić information content (AvgIpc) is 3.01. The van der Waals surface area contributed by atoms with Crippen LogP contribution in [0, 0.1) is 6.92 Å². The first-order chi connectivity index (χ1) is 15.0. The minimum Gasteiger partial charge on any atom is -0.439 e. The molecule has 0 spiro atoms. The van der Waals surface area contributed by atoms with Gasteiger partial charge in [-0.15, -0.1) is 0 Å². The van der Waals surface area contributed by atoms with E-state index in [-0.39, 0.29) is 37.2 Å². The number of fused-ring (bicyclic) bond motifs is 1. The van der Waals surface area contributed by atoms with Crippen LogP contribution in [-0.2, 0) is 11.3 Å². The van der Waals surface area contributed by atoms with Crippen LogP contribution in [0.2, 0.25) is 0 Å². The molecule has 1 aliphatic heterocycles. The van der Waals surface area contributed by atoms with Gasteiger partial charge in [-0.3, -0.25) is 19.3 Å². The Morgan fingerprint density at radius 1 is 1.00 bits per heavy atom. The number of amides is 3. The van der Waals surface area contributed by atoms with Gasteiger partial charge in [0.1, 0.15) is 5.75 Å². The van der Waals surface area contributed by atoms with Crippen molar-refractivity contribution in [2.24, 2.45) is 0 Å². The molecular weight excluding hydrogens is 394 g/mol. The first-order valence-electron chi connectivity index (χ1n) is 9.92. The van der Waals surface area contributed by atoms with E-state index in [1.165, 1.54) is 0 Å². The summed E-state index contributed by atoms with van der Waals surface area (Å²) in [6, 6.07) is 18.0. The van der Waals surface area contributed by atoms with Gasteiger partial charge in [0, 0.05) is 31.8 Å². The maximum atomic E-state index is 12.5. The first-order valence-corrected chi connectivity index (χ1v) is 9.92. The molecule has 0 atom stereocenters. The van der Waals surface area contributed by atoms with Crippen molar-refractivity contribution >= 4 is 17.7 Å². The Balaban J connectivity index is 1.30. The first kappa shape index (κ1) is 20.3. The van der Waals surface area contributed by atoms with E-state index >= 15 is 0 Å². The molecule has 1 aliphatic rings. The summed E-state index contributed by atoms with van der Waals surface area (Å²) >= 11 is 0. The summed E-state index contributed by atoms with van der Waals surface area (Å²) in [6.07, 6.45) is 1.64. The lowest BCUT2D eigenvalue weighted by atomic mass is 10.1. The number of rotatable bonds is 7. The fourth-order valence-electron chi connectivity index (χ4n) is 3.34. The van der Waals surface area contributed by atoms with E-state index in [2.05, 4.69) is 10.3 Å². The highest BCUT2D eigenvalue weighted by Crippen LogP contribution is 2.24. The van der Waals surface area contributed by atoms with Crippen LogP contribution >= 0.6 is 0 Å². The number of nitrogens with one attached hydrogen (secondary N) is 1. The second kappa shape index (κ2) is 8.79. The number of hydrogen-bond donors (Lipinski definition) is 1. The lowest BCUT2D eigenvalue weighted by molar-refractivity contribution is -0.121. The summed E-state index contributed by atoms with van der Waals surface area (Å²) in [5.74, 6) is 0.139. The van der Waals surface area contributed by atoms with Crippen molar-refractivity contribution in [2.45, 2.75) is 19.9 Å². The average molecular weight is 415 g/mol. The molecular formula is C24H21N3O4. The highest BCUT2D eigenvalue weighted by Gasteiger charge is 2.35. The van der Waals surface area contributed by atoms with Crippen LogP contribution in [0.3, 0.4) is 0 Å². The second-order valence-corrected chi connectivity index (χ2v) is 7.26. The zero-order valence-corrected chi connectivity index (χ0v) is 17.0. The molecule has 31 heavy (non-hydrogen) atoms. The van der Waals surface area contributed by atoms with E-state index in [0.29, 0.717) is 22.8 Å². The molecule has 4 rings (SSSR count). The van der Waals surface area contributed by atoms with Crippen LogP contribution in [0.15, 0.2) is 66.9 Å². The van der Waals surface area contributed by atoms with Gasteiger partial charge < -0.3 is 10.1 Å². The lowest BCUT2D eigenvalue weighted by Gasteiger charge is -2.13. The smallest absolute Gasteiger partial charge is 0.261 e. The Labute approximate surface area is 179 Å². The number of benzene rings is 2. The third-order valence-corrected chi connectivity index (χ3v) is 4.94. The van der Waals surface area contributed by atoms with Crippen molar-refractivity contribution in [1.82, 2.24) is 15.2 Å². The Morgan fingerprint density at radius 2 is 1.77 bits per heavy atom. The number of ether oxygens (including phenoxy) is 1. The normalized spacial score (nSPS) is 12.6. The third-order valence-electron chi connectivity index (χ3n) is 4.94. The van der Waals surface area contributed by atoms with Crippen LogP contribution in [-0.4, -0.2) is 34.2 Å². The highest BCUT2D eigenvalue weighted by atomic mass is 16.5. The zero-order valence-electron chi connectivity index (χ0n) is 17.0. The Morgan fingerprint density at radius 3 is 2.58 bits per heavy atom. The molecule has 1 aromatic heterocycles. The molecule has 7 nitrogen and oxygen atoms in total. The summed E-state index contributed by atoms with van der Waals surface area (Å²) in [7, 11) is 0. The van der Waals surface area contributed by atoms with Crippen LogP contribution in [0.5, 0.6) is 11.6 Å². The topological polar surface area (TPSA) is 88.6 Å². The van der Waals surface area contributed by atoms with E-state index < -0.39 is 0 Å². The molecule has 2 aromatic carbocycles. The van der Waals surface area contributed by atoms with E-state index in [1.54, 1.807) is 36.5 Å². The molecule has 2 heterocycles. The molecule has 0 saturated carbocycles. The molecule has 3 amide bonds. The molecule has 0 bridgehead atoms. The van der Waals surface area contributed by atoms with Crippen molar-refractivity contribution in [3.05, 3.63) is 89.1 Å². The van der Waals surface area contributed by atoms with Crippen LogP contribution in [0.1, 0.15) is 38.3 Å². The molecule has 0 saturated heterocycles. The number of imide groups is 1. The number of nitrogens with zero attached hydrogens (tertiary/aromatic N) is 2. The van der Waals surface area contributed by atoms with E-state index in [1.807, 2.05) is 37.3 Å². The summed E-state index contributed by atoms with van der Waals surface area (Å²) in [5, 5.41) is 2.80. The summed E-state index contributed by atoms with van der Waals surface area (Å²) in [4.78, 5) is 42.5. The van der Waals surface area contributed by atoms with Gasteiger partial charge in [-0.2, -0.15) is 0 Å². The molecule has 1 N–H and O–H groups in total. The Hall–Kier alpha value is -4.00. The summed E-state index contributed by atoms with van der Waals surface area (Å²) in [6.45, 7) is 2.19. The van der Waals surface area contributed by atoms with Gasteiger partial charge in [0.2, 0.25) is 11.8 Å². The number of pyridine rings is 1. The van der Waals surface area contributed by atoms with E-state index in [0.717, 1.165) is 16.0 Å². The third kappa shape index (κ3) is 4.61. The van der Waals surface area contributed by atoms with Crippen molar-refractivity contribution in [1.29, 1.82) is 0 Å². The Kier molecular flexibility index (Phi) is 5.75. The van der Waals surface area contributed by atoms with Crippen molar-refractivity contribution in [3.63, 3.8) is 0 Å². The summed E-state index contributed by atoms with van der Waals surface area (Å²) < 4.78 is 5.70. The lowest BCUT2D eigenvalue weighted by Crippen LogP contribution is -2.34. The number of aromatic nitrogens is 1. The number of para-hydroxylation sites is 1.